The quantitative estimate of drug-likeness (QED) is 0.727. The molecule has 0 aliphatic rings. The number of para-hydroxylation sites is 2. The minimum absolute atomic E-state index is 0.0255. The Labute approximate surface area is 135 Å². The number of benzene rings is 1. The molecule has 2 aromatic heterocycles. The van der Waals surface area contributed by atoms with Gasteiger partial charge in [-0.15, -0.1) is 0 Å². The van der Waals surface area contributed by atoms with E-state index < -0.39 is 0 Å². The predicted octanol–water partition coefficient (Wildman–Crippen LogP) is 3.11. The van der Waals surface area contributed by atoms with Crippen LogP contribution >= 0.6 is 0 Å². The summed E-state index contributed by atoms with van der Waals surface area (Å²) in [5, 5.41) is 0. The molecule has 1 aromatic carbocycles. The first kappa shape index (κ1) is 15.2. The lowest BCUT2D eigenvalue weighted by atomic mass is 10.2. The third-order valence-electron chi connectivity index (χ3n) is 3.83. The number of hydrogen-bond donors (Lipinski definition) is 0. The molecule has 3 aromatic rings. The van der Waals surface area contributed by atoms with Crippen molar-refractivity contribution in [1.82, 2.24) is 19.4 Å². The summed E-state index contributed by atoms with van der Waals surface area (Å²) < 4.78 is 2.20. The predicted molar refractivity (Wildman–Crippen MR) is 90.1 cm³/mol. The van der Waals surface area contributed by atoms with Crippen LogP contribution in [-0.4, -0.2) is 32.4 Å². The molecule has 0 saturated carbocycles. The molecule has 3 rings (SSSR count). The van der Waals surface area contributed by atoms with E-state index in [4.69, 9.17) is 4.98 Å². The van der Waals surface area contributed by atoms with Crippen molar-refractivity contribution in [2.75, 3.05) is 7.05 Å². The highest BCUT2D eigenvalue weighted by Gasteiger charge is 2.16. The molecular formula is C18H20N4O. The standard InChI is InChI=1S/C18H20N4O/c1-3-12-22-16-7-5-4-6-15(16)20-17(22)13-21(2)18(23)14-8-10-19-11-9-14/h4-11H,3,12-13H2,1-2H3. The average molecular weight is 308 g/mol. The Morgan fingerprint density at radius 3 is 2.65 bits per heavy atom. The van der Waals surface area contributed by atoms with Crippen LogP contribution in [-0.2, 0) is 13.1 Å². The summed E-state index contributed by atoms with van der Waals surface area (Å²) in [6, 6.07) is 11.6. The van der Waals surface area contributed by atoms with Crippen LogP contribution in [0.5, 0.6) is 0 Å². The summed E-state index contributed by atoms with van der Waals surface area (Å²) in [5.41, 5.74) is 2.73. The van der Waals surface area contributed by atoms with Gasteiger partial charge in [0, 0.05) is 31.5 Å². The van der Waals surface area contributed by atoms with Crippen molar-refractivity contribution in [2.24, 2.45) is 0 Å². The smallest absolute Gasteiger partial charge is 0.254 e. The Morgan fingerprint density at radius 2 is 1.91 bits per heavy atom. The summed E-state index contributed by atoms with van der Waals surface area (Å²) >= 11 is 0. The highest BCUT2D eigenvalue weighted by Crippen LogP contribution is 2.18. The SMILES string of the molecule is CCCn1c(CN(C)C(=O)c2ccncc2)nc2ccccc21. The minimum atomic E-state index is -0.0255. The Bertz CT molecular complexity index is 810. The van der Waals surface area contributed by atoms with Gasteiger partial charge in [0.05, 0.1) is 17.6 Å². The van der Waals surface area contributed by atoms with Gasteiger partial charge in [-0.05, 0) is 30.7 Å². The lowest BCUT2D eigenvalue weighted by Crippen LogP contribution is -2.27. The number of hydrogen-bond acceptors (Lipinski definition) is 3. The van der Waals surface area contributed by atoms with Gasteiger partial charge in [-0.1, -0.05) is 19.1 Å². The third-order valence-corrected chi connectivity index (χ3v) is 3.83. The Morgan fingerprint density at radius 1 is 1.17 bits per heavy atom. The van der Waals surface area contributed by atoms with Crippen molar-refractivity contribution >= 4 is 16.9 Å². The molecule has 0 N–H and O–H groups in total. The maximum absolute atomic E-state index is 12.5. The van der Waals surface area contributed by atoms with Gasteiger partial charge in [0.15, 0.2) is 0 Å². The van der Waals surface area contributed by atoms with Crippen LogP contribution in [0.25, 0.3) is 11.0 Å². The van der Waals surface area contributed by atoms with Crippen molar-refractivity contribution in [1.29, 1.82) is 0 Å². The molecule has 0 bridgehead atoms. The number of nitrogens with zero attached hydrogens (tertiary/aromatic N) is 4. The van der Waals surface area contributed by atoms with Crippen LogP contribution in [0.15, 0.2) is 48.8 Å². The first-order valence-electron chi connectivity index (χ1n) is 7.80. The van der Waals surface area contributed by atoms with Gasteiger partial charge in [0.2, 0.25) is 0 Å². The summed E-state index contributed by atoms with van der Waals surface area (Å²) in [6.45, 7) is 3.52. The zero-order chi connectivity index (χ0) is 16.2. The molecule has 23 heavy (non-hydrogen) atoms. The molecule has 0 fully saturated rings. The molecule has 0 radical (unpaired) electrons. The monoisotopic (exact) mass is 308 g/mol. The van der Waals surface area contributed by atoms with Gasteiger partial charge in [0.1, 0.15) is 5.82 Å². The second kappa shape index (κ2) is 6.60. The fourth-order valence-electron chi connectivity index (χ4n) is 2.72. The highest BCUT2D eigenvalue weighted by molar-refractivity contribution is 5.93. The fraction of sp³-hybridized carbons (Fsp3) is 0.278. The molecule has 5 nitrogen and oxygen atoms in total. The molecular weight excluding hydrogens is 288 g/mol. The molecule has 0 unspecified atom stereocenters. The topological polar surface area (TPSA) is 51.0 Å². The minimum Gasteiger partial charge on any atom is -0.334 e. The van der Waals surface area contributed by atoms with Crippen molar-refractivity contribution in [3.63, 3.8) is 0 Å². The van der Waals surface area contributed by atoms with Gasteiger partial charge in [-0.3, -0.25) is 9.78 Å². The number of fused-ring (bicyclic) bond motifs is 1. The van der Waals surface area contributed by atoms with E-state index in [1.165, 1.54) is 0 Å². The molecule has 1 amide bonds. The van der Waals surface area contributed by atoms with Crippen LogP contribution in [0.2, 0.25) is 0 Å². The van der Waals surface area contributed by atoms with Crippen molar-refractivity contribution in [3.8, 4) is 0 Å². The summed E-state index contributed by atoms with van der Waals surface area (Å²) in [5.74, 6) is 0.889. The van der Waals surface area contributed by atoms with E-state index in [1.54, 1.807) is 36.5 Å². The third kappa shape index (κ3) is 3.08. The Hall–Kier alpha value is -2.69. The maximum Gasteiger partial charge on any atom is 0.254 e. The molecule has 0 atom stereocenters. The lowest BCUT2D eigenvalue weighted by Gasteiger charge is -2.18. The van der Waals surface area contributed by atoms with E-state index in [2.05, 4.69) is 22.5 Å². The second-order valence-electron chi connectivity index (χ2n) is 5.57. The Balaban J connectivity index is 1.88. The van der Waals surface area contributed by atoms with E-state index in [1.807, 2.05) is 18.2 Å². The summed E-state index contributed by atoms with van der Waals surface area (Å²) in [6.07, 6.45) is 4.29. The van der Waals surface area contributed by atoms with Crippen LogP contribution in [0, 0.1) is 0 Å². The summed E-state index contributed by atoms with van der Waals surface area (Å²) in [7, 11) is 1.80. The van der Waals surface area contributed by atoms with Crippen LogP contribution in [0.1, 0.15) is 29.5 Å². The molecule has 0 aliphatic heterocycles. The highest BCUT2D eigenvalue weighted by atomic mass is 16.2. The molecule has 2 heterocycles. The number of rotatable bonds is 5. The first-order valence-corrected chi connectivity index (χ1v) is 7.80. The number of aromatic nitrogens is 3. The van der Waals surface area contributed by atoms with Crippen molar-refractivity contribution < 1.29 is 4.79 Å². The largest absolute Gasteiger partial charge is 0.334 e. The zero-order valence-electron chi connectivity index (χ0n) is 13.4. The Kier molecular flexibility index (Phi) is 4.37. The number of aryl methyl sites for hydroxylation is 1. The molecule has 0 spiro atoms. The van der Waals surface area contributed by atoms with E-state index >= 15 is 0 Å². The zero-order valence-corrected chi connectivity index (χ0v) is 13.4. The van der Waals surface area contributed by atoms with Crippen LogP contribution in [0.3, 0.4) is 0 Å². The van der Waals surface area contributed by atoms with Gasteiger partial charge in [-0.2, -0.15) is 0 Å². The molecule has 0 saturated heterocycles. The average Bonchev–Trinajstić information content (AvgIpc) is 2.93. The number of imidazole rings is 1. The van der Waals surface area contributed by atoms with E-state index in [0.717, 1.165) is 29.8 Å². The van der Waals surface area contributed by atoms with Gasteiger partial charge >= 0.3 is 0 Å². The first-order chi connectivity index (χ1) is 11.2. The van der Waals surface area contributed by atoms with Gasteiger partial charge < -0.3 is 9.47 Å². The van der Waals surface area contributed by atoms with E-state index in [-0.39, 0.29) is 5.91 Å². The fourth-order valence-corrected chi connectivity index (χ4v) is 2.72. The molecule has 5 heteroatoms. The van der Waals surface area contributed by atoms with Crippen molar-refractivity contribution in [3.05, 3.63) is 60.2 Å². The normalized spacial score (nSPS) is 10.9. The molecule has 118 valence electrons. The maximum atomic E-state index is 12.5. The van der Waals surface area contributed by atoms with Crippen LogP contribution in [0.4, 0.5) is 0 Å². The van der Waals surface area contributed by atoms with E-state index in [9.17, 15) is 4.79 Å². The van der Waals surface area contributed by atoms with Crippen LogP contribution < -0.4 is 0 Å². The van der Waals surface area contributed by atoms with Crippen molar-refractivity contribution in [2.45, 2.75) is 26.4 Å². The number of carbonyl (C=O) groups excluding carboxylic acids is 1. The number of amides is 1. The second-order valence-corrected chi connectivity index (χ2v) is 5.57. The van der Waals surface area contributed by atoms with Gasteiger partial charge in [0.25, 0.3) is 5.91 Å². The van der Waals surface area contributed by atoms with E-state index in [0.29, 0.717) is 12.1 Å². The molecule has 0 aliphatic carbocycles. The number of carbonyl (C=O) groups is 1. The lowest BCUT2D eigenvalue weighted by molar-refractivity contribution is 0.0780. The number of pyridine rings is 1. The summed E-state index contributed by atoms with van der Waals surface area (Å²) in [4.78, 5) is 22.8. The van der Waals surface area contributed by atoms with Gasteiger partial charge in [-0.25, -0.2) is 4.98 Å².